The van der Waals surface area contributed by atoms with E-state index in [1.807, 2.05) is 6.92 Å². The Morgan fingerprint density at radius 1 is 1.17 bits per heavy atom. The lowest BCUT2D eigenvalue weighted by Crippen LogP contribution is -2.30. The number of hydrogen-bond acceptors (Lipinski definition) is 4. The summed E-state index contributed by atoms with van der Waals surface area (Å²) in [5, 5.41) is 3.47. The van der Waals surface area contributed by atoms with Gasteiger partial charge in [-0.2, -0.15) is 0 Å². The van der Waals surface area contributed by atoms with Crippen LogP contribution in [0, 0.1) is 6.92 Å². The molecule has 1 heterocycles. The van der Waals surface area contributed by atoms with Crippen LogP contribution in [-0.4, -0.2) is 57.1 Å². The maximum Gasteiger partial charge on any atom is 0.105 e. The van der Waals surface area contributed by atoms with E-state index in [0.717, 1.165) is 38.5 Å². The van der Waals surface area contributed by atoms with Crippen LogP contribution in [0.25, 0.3) is 0 Å². The zero-order chi connectivity index (χ0) is 13.4. The molecule has 1 aromatic heterocycles. The fourth-order valence-corrected chi connectivity index (χ4v) is 1.86. The minimum Gasteiger partial charge on any atom is -0.469 e. The first-order chi connectivity index (χ1) is 8.59. The SMILES string of the molecule is Cc1occc1CN(C)CCNCCCN(C)C. The highest BCUT2D eigenvalue weighted by molar-refractivity contribution is 5.14. The first-order valence-electron chi connectivity index (χ1n) is 6.66. The van der Waals surface area contributed by atoms with Crippen molar-refractivity contribution in [3.63, 3.8) is 0 Å². The van der Waals surface area contributed by atoms with Gasteiger partial charge in [0.1, 0.15) is 5.76 Å². The van der Waals surface area contributed by atoms with Crippen molar-refractivity contribution in [1.82, 2.24) is 15.1 Å². The molecule has 0 saturated heterocycles. The van der Waals surface area contributed by atoms with Crippen LogP contribution in [-0.2, 0) is 6.54 Å². The Hall–Kier alpha value is -0.840. The second kappa shape index (κ2) is 8.29. The Labute approximate surface area is 111 Å². The van der Waals surface area contributed by atoms with Gasteiger partial charge in [0.25, 0.3) is 0 Å². The molecule has 0 fully saturated rings. The van der Waals surface area contributed by atoms with E-state index in [-0.39, 0.29) is 0 Å². The Kier molecular flexibility index (Phi) is 7.01. The van der Waals surface area contributed by atoms with Crippen molar-refractivity contribution in [2.24, 2.45) is 0 Å². The van der Waals surface area contributed by atoms with E-state index < -0.39 is 0 Å². The summed E-state index contributed by atoms with van der Waals surface area (Å²) in [5.41, 5.74) is 1.28. The summed E-state index contributed by atoms with van der Waals surface area (Å²) in [6.07, 6.45) is 2.97. The van der Waals surface area contributed by atoms with Crippen molar-refractivity contribution in [1.29, 1.82) is 0 Å². The van der Waals surface area contributed by atoms with E-state index in [1.54, 1.807) is 6.26 Å². The molecule has 0 aliphatic heterocycles. The van der Waals surface area contributed by atoms with Crippen LogP contribution in [0.15, 0.2) is 16.7 Å². The molecular weight excluding hydrogens is 226 g/mol. The second-order valence-corrected chi connectivity index (χ2v) is 5.15. The fourth-order valence-electron chi connectivity index (χ4n) is 1.86. The van der Waals surface area contributed by atoms with Gasteiger partial charge in [-0.15, -0.1) is 0 Å². The van der Waals surface area contributed by atoms with Crippen LogP contribution in [0.1, 0.15) is 17.7 Å². The van der Waals surface area contributed by atoms with Gasteiger partial charge < -0.3 is 19.5 Å². The number of hydrogen-bond donors (Lipinski definition) is 1. The molecule has 0 atom stereocenters. The third-order valence-corrected chi connectivity index (χ3v) is 3.04. The number of nitrogens with one attached hydrogen (secondary N) is 1. The van der Waals surface area contributed by atoms with Gasteiger partial charge in [-0.1, -0.05) is 0 Å². The maximum atomic E-state index is 5.30. The molecular formula is C14H27N3O. The summed E-state index contributed by atoms with van der Waals surface area (Å²) in [4.78, 5) is 4.53. The van der Waals surface area contributed by atoms with Gasteiger partial charge in [0, 0.05) is 25.2 Å². The van der Waals surface area contributed by atoms with E-state index >= 15 is 0 Å². The summed E-state index contributed by atoms with van der Waals surface area (Å²) in [5.74, 6) is 1.03. The molecule has 0 radical (unpaired) electrons. The standard InChI is InChI=1S/C14H27N3O/c1-13-14(6-11-18-13)12-17(4)10-8-15-7-5-9-16(2)3/h6,11,15H,5,7-10,12H2,1-4H3. The summed E-state index contributed by atoms with van der Waals surface area (Å²) in [6.45, 7) is 7.33. The lowest BCUT2D eigenvalue weighted by atomic mass is 10.2. The van der Waals surface area contributed by atoms with Crippen molar-refractivity contribution in [3.8, 4) is 0 Å². The van der Waals surface area contributed by atoms with Crippen LogP contribution in [0.2, 0.25) is 0 Å². The summed E-state index contributed by atoms with van der Waals surface area (Å²) < 4.78 is 5.30. The number of nitrogens with zero attached hydrogens (tertiary/aromatic N) is 2. The zero-order valence-electron chi connectivity index (χ0n) is 12.2. The van der Waals surface area contributed by atoms with E-state index in [2.05, 4.69) is 42.3 Å². The van der Waals surface area contributed by atoms with Crippen LogP contribution in [0.4, 0.5) is 0 Å². The van der Waals surface area contributed by atoms with Crippen LogP contribution >= 0.6 is 0 Å². The number of aryl methyl sites for hydroxylation is 1. The molecule has 104 valence electrons. The molecule has 0 saturated carbocycles. The Bertz CT molecular complexity index is 323. The van der Waals surface area contributed by atoms with Gasteiger partial charge in [-0.05, 0) is 53.6 Å². The van der Waals surface area contributed by atoms with E-state index in [9.17, 15) is 0 Å². The number of furan rings is 1. The Balaban J connectivity index is 2.04. The summed E-state index contributed by atoms with van der Waals surface area (Å²) in [7, 11) is 6.37. The second-order valence-electron chi connectivity index (χ2n) is 5.15. The Morgan fingerprint density at radius 2 is 1.94 bits per heavy atom. The van der Waals surface area contributed by atoms with Crippen LogP contribution in [0.5, 0.6) is 0 Å². The van der Waals surface area contributed by atoms with Crippen LogP contribution < -0.4 is 5.32 Å². The highest BCUT2D eigenvalue weighted by Gasteiger charge is 2.04. The van der Waals surface area contributed by atoms with E-state index in [1.165, 1.54) is 12.0 Å². The smallest absolute Gasteiger partial charge is 0.105 e. The zero-order valence-corrected chi connectivity index (χ0v) is 12.2. The van der Waals surface area contributed by atoms with Crippen molar-refractivity contribution in [2.75, 3.05) is 47.3 Å². The monoisotopic (exact) mass is 253 g/mol. The summed E-state index contributed by atoms with van der Waals surface area (Å²) >= 11 is 0. The van der Waals surface area contributed by atoms with Crippen LogP contribution in [0.3, 0.4) is 0 Å². The molecule has 0 aromatic carbocycles. The Morgan fingerprint density at radius 3 is 2.56 bits per heavy atom. The third kappa shape index (κ3) is 6.19. The number of likely N-dealkylation sites (N-methyl/N-ethyl adjacent to an activating group) is 1. The highest BCUT2D eigenvalue weighted by Crippen LogP contribution is 2.10. The molecule has 4 nitrogen and oxygen atoms in total. The van der Waals surface area contributed by atoms with Crippen molar-refractivity contribution in [3.05, 3.63) is 23.7 Å². The molecule has 0 amide bonds. The lowest BCUT2D eigenvalue weighted by molar-refractivity contribution is 0.319. The molecule has 1 aromatic rings. The molecule has 4 heteroatoms. The average Bonchev–Trinajstić information content (AvgIpc) is 2.69. The molecule has 0 unspecified atom stereocenters. The van der Waals surface area contributed by atoms with Crippen molar-refractivity contribution >= 4 is 0 Å². The van der Waals surface area contributed by atoms with Gasteiger partial charge in [-0.25, -0.2) is 0 Å². The predicted octanol–water partition coefficient (Wildman–Crippen LogP) is 1.56. The average molecular weight is 253 g/mol. The minimum absolute atomic E-state index is 0.960. The first kappa shape index (κ1) is 15.2. The molecule has 18 heavy (non-hydrogen) atoms. The third-order valence-electron chi connectivity index (χ3n) is 3.04. The fraction of sp³-hybridized carbons (Fsp3) is 0.714. The van der Waals surface area contributed by atoms with Gasteiger partial charge in [0.05, 0.1) is 6.26 Å². The molecule has 1 N–H and O–H groups in total. The lowest BCUT2D eigenvalue weighted by Gasteiger charge is -2.16. The van der Waals surface area contributed by atoms with E-state index in [4.69, 9.17) is 4.42 Å². The molecule has 0 aliphatic rings. The maximum absolute atomic E-state index is 5.30. The first-order valence-corrected chi connectivity index (χ1v) is 6.66. The minimum atomic E-state index is 0.960. The quantitative estimate of drug-likeness (QED) is 0.677. The predicted molar refractivity (Wildman–Crippen MR) is 75.8 cm³/mol. The molecule has 0 bridgehead atoms. The topological polar surface area (TPSA) is 31.7 Å². The molecule has 0 aliphatic carbocycles. The van der Waals surface area contributed by atoms with Crippen molar-refractivity contribution < 1.29 is 4.42 Å². The highest BCUT2D eigenvalue weighted by atomic mass is 16.3. The summed E-state index contributed by atoms with van der Waals surface area (Å²) in [6, 6.07) is 2.05. The normalized spacial score (nSPS) is 11.7. The van der Waals surface area contributed by atoms with Gasteiger partial charge in [0.15, 0.2) is 0 Å². The van der Waals surface area contributed by atoms with E-state index in [0.29, 0.717) is 0 Å². The number of rotatable bonds is 9. The molecule has 0 spiro atoms. The van der Waals surface area contributed by atoms with Crippen molar-refractivity contribution in [2.45, 2.75) is 19.9 Å². The van der Waals surface area contributed by atoms with Gasteiger partial charge in [-0.3, -0.25) is 0 Å². The molecule has 1 rings (SSSR count). The van der Waals surface area contributed by atoms with Gasteiger partial charge in [0.2, 0.25) is 0 Å². The largest absolute Gasteiger partial charge is 0.469 e. The van der Waals surface area contributed by atoms with Gasteiger partial charge >= 0.3 is 0 Å².